The number of ether oxygens (including phenoxy) is 3. The van der Waals surface area contributed by atoms with Crippen LogP contribution in [0.15, 0.2) is 12.1 Å². The average molecular weight is 448 g/mol. The van der Waals surface area contributed by atoms with Crippen LogP contribution in [0.25, 0.3) is 5.57 Å². The number of esters is 1. The van der Waals surface area contributed by atoms with Gasteiger partial charge < -0.3 is 19.1 Å². The van der Waals surface area contributed by atoms with Gasteiger partial charge in [0.2, 0.25) is 5.91 Å². The number of hydrogen-bond acceptors (Lipinski definition) is 6. The van der Waals surface area contributed by atoms with E-state index in [0.29, 0.717) is 29.7 Å². The van der Waals surface area contributed by atoms with Crippen LogP contribution >= 0.6 is 11.3 Å². The maximum absolute atomic E-state index is 13.8. The van der Waals surface area contributed by atoms with Crippen LogP contribution in [0.4, 0.5) is 5.69 Å². The van der Waals surface area contributed by atoms with Gasteiger partial charge >= 0.3 is 5.97 Å². The summed E-state index contributed by atoms with van der Waals surface area (Å²) in [5, 5.41) is 0. The molecule has 1 aromatic rings. The number of methoxy groups -OCH3 is 1. The Balaban J connectivity index is 1.72. The molecule has 0 radical (unpaired) electrons. The predicted octanol–water partition coefficient (Wildman–Crippen LogP) is 5.02. The lowest BCUT2D eigenvalue weighted by Gasteiger charge is -2.37. The van der Waals surface area contributed by atoms with E-state index in [1.165, 1.54) is 30.4 Å². The number of carbonyl (C=O) groups excluding carboxylic acids is 2. The standard InChI is InChI=1S/C24H33NO5S/c1-16-8-10-18(11-9-16)23(26)25(19-13-29-15-30-14-19)20-12-21(17-6-4-3-5-7-17)31-22(20)24(27)28-2/h6,12,16,18-19H,3-5,7-11,13-15H2,1-2H3. The van der Waals surface area contributed by atoms with Gasteiger partial charge in [0.1, 0.15) is 11.7 Å². The number of nitrogens with zero attached hydrogens (tertiary/aromatic N) is 1. The number of amides is 1. The zero-order chi connectivity index (χ0) is 21.8. The second-order valence-corrected chi connectivity index (χ2v) is 10.0. The third-order valence-corrected chi connectivity index (χ3v) is 7.88. The first-order chi connectivity index (χ1) is 15.1. The van der Waals surface area contributed by atoms with E-state index in [4.69, 9.17) is 14.2 Å². The molecular weight excluding hydrogens is 414 g/mol. The molecule has 3 aliphatic rings. The van der Waals surface area contributed by atoms with Crippen LogP contribution in [-0.2, 0) is 19.0 Å². The van der Waals surface area contributed by atoms with Crippen LogP contribution in [0.5, 0.6) is 0 Å². The number of rotatable bonds is 5. The molecule has 1 saturated heterocycles. The first kappa shape index (κ1) is 22.5. The lowest BCUT2D eigenvalue weighted by Crippen LogP contribution is -2.51. The van der Waals surface area contributed by atoms with E-state index in [2.05, 4.69) is 13.0 Å². The molecule has 31 heavy (non-hydrogen) atoms. The van der Waals surface area contributed by atoms with Gasteiger partial charge in [0.25, 0.3) is 0 Å². The Morgan fingerprint density at radius 2 is 1.87 bits per heavy atom. The van der Waals surface area contributed by atoms with Crippen molar-refractivity contribution in [2.24, 2.45) is 11.8 Å². The van der Waals surface area contributed by atoms with Gasteiger partial charge in [-0.05, 0) is 68.9 Å². The molecule has 2 aliphatic carbocycles. The van der Waals surface area contributed by atoms with E-state index < -0.39 is 5.97 Å². The summed E-state index contributed by atoms with van der Waals surface area (Å²) in [6.45, 7) is 3.30. The summed E-state index contributed by atoms with van der Waals surface area (Å²) >= 11 is 1.44. The Morgan fingerprint density at radius 1 is 1.13 bits per heavy atom. The number of anilines is 1. The van der Waals surface area contributed by atoms with E-state index in [1.54, 1.807) is 4.90 Å². The Bertz CT molecular complexity index is 818. The number of hydrogen-bond donors (Lipinski definition) is 0. The van der Waals surface area contributed by atoms with Gasteiger partial charge in [-0.1, -0.05) is 13.0 Å². The molecule has 1 aliphatic heterocycles. The topological polar surface area (TPSA) is 65.1 Å². The van der Waals surface area contributed by atoms with Crippen LogP contribution < -0.4 is 4.90 Å². The number of thiophene rings is 1. The first-order valence-corrected chi connectivity index (χ1v) is 12.3. The molecule has 0 atom stereocenters. The molecule has 1 saturated carbocycles. The molecule has 0 bridgehead atoms. The zero-order valence-corrected chi connectivity index (χ0v) is 19.4. The lowest BCUT2D eigenvalue weighted by atomic mass is 9.82. The smallest absolute Gasteiger partial charge is 0.350 e. The maximum atomic E-state index is 13.8. The van der Waals surface area contributed by atoms with E-state index in [1.807, 2.05) is 6.07 Å². The van der Waals surface area contributed by atoms with E-state index in [-0.39, 0.29) is 24.7 Å². The van der Waals surface area contributed by atoms with E-state index in [9.17, 15) is 9.59 Å². The van der Waals surface area contributed by atoms with Crippen molar-refractivity contribution >= 4 is 34.5 Å². The van der Waals surface area contributed by atoms with Crippen LogP contribution in [0.2, 0.25) is 0 Å². The van der Waals surface area contributed by atoms with Crippen LogP contribution in [0.3, 0.4) is 0 Å². The molecular formula is C24H33NO5S. The second kappa shape index (κ2) is 10.3. The summed E-state index contributed by atoms with van der Waals surface area (Å²) in [4.78, 5) is 29.9. The highest BCUT2D eigenvalue weighted by Crippen LogP contribution is 2.41. The van der Waals surface area contributed by atoms with Gasteiger partial charge in [-0.2, -0.15) is 0 Å². The third kappa shape index (κ3) is 5.04. The summed E-state index contributed by atoms with van der Waals surface area (Å²) in [7, 11) is 1.40. The van der Waals surface area contributed by atoms with Gasteiger partial charge in [0.15, 0.2) is 0 Å². The largest absolute Gasteiger partial charge is 0.465 e. The van der Waals surface area contributed by atoms with Gasteiger partial charge in [-0.25, -0.2) is 4.79 Å². The summed E-state index contributed by atoms with van der Waals surface area (Å²) in [6.07, 6.45) is 10.6. The molecule has 0 unspecified atom stereocenters. The van der Waals surface area contributed by atoms with Crippen LogP contribution in [0, 0.1) is 11.8 Å². The van der Waals surface area contributed by atoms with Crippen LogP contribution in [0.1, 0.15) is 72.8 Å². The van der Waals surface area contributed by atoms with Gasteiger partial charge in [-0.3, -0.25) is 4.79 Å². The monoisotopic (exact) mass is 447 g/mol. The SMILES string of the molecule is COC(=O)c1sc(C2=CCCCC2)cc1N(C(=O)C1CCC(C)CC1)C1COCOC1. The summed E-state index contributed by atoms with van der Waals surface area (Å²) in [5.74, 6) is 0.324. The van der Waals surface area contributed by atoms with Crippen molar-refractivity contribution in [1.82, 2.24) is 0 Å². The highest BCUT2D eigenvalue weighted by Gasteiger charge is 2.37. The fourth-order valence-corrected chi connectivity index (χ4v) is 5.98. The molecule has 1 amide bonds. The zero-order valence-electron chi connectivity index (χ0n) is 18.6. The average Bonchev–Trinajstić information content (AvgIpc) is 3.25. The van der Waals surface area contributed by atoms with Gasteiger partial charge in [0, 0.05) is 10.8 Å². The van der Waals surface area contributed by atoms with Crippen molar-refractivity contribution < 1.29 is 23.8 Å². The minimum atomic E-state index is -0.393. The minimum absolute atomic E-state index is 0.0270. The van der Waals surface area contributed by atoms with Crippen molar-refractivity contribution in [3.8, 4) is 0 Å². The van der Waals surface area contributed by atoms with Crippen molar-refractivity contribution in [3.63, 3.8) is 0 Å². The predicted molar refractivity (Wildman–Crippen MR) is 121 cm³/mol. The fraction of sp³-hybridized carbons (Fsp3) is 0.667. The fourth-order valence-electron chi connectivity index (χ4n) is 4.84. The van der Waals surface area contributed by atoms with E-state index >= 15 is 0 Å². The molecule has 4 rings (SSSR count). The van der Waals surface area contributed by atoms with Crippen molar-refractivity contribution in [2.45, 2.75) is 64.3 Å². The highest BCUT2D eigenvalue weighted by molar-refractivity contribution is 7.15. The summed E-state index contributed by atoms with van der Waals surface area (Å²) in [6, 6.07) is 1.78. The quantitative estimate of drug-likeness (QED) is 0.593. The normalized spacial score (nSPS) is 25.0. The highest BCUT2D eigenvalue weighted by atomic mass is 32.1. The second-order valence-electron chi connectivity index (χ2n) is 8.97. The van der Waals surface area contributed by atoms with Gasteiger partial charge in [0.05, 0.1) is 32.1 Å². The van der Waals surface area contributed by atoms with Crippen LogP contribution in [-0.4, -0.2) is 45.0 Å². The summed E-state index contributed by atoms with van der Waals surface area (Å²) in [5.41, 5.74) is 1.92. The molecule has 7 heteroatoms. The summed E-state index contributed by atoms with van der Waals surface area (Å²) < 4.78 is 16.2. The van der Waals surface area contributed by atoms with Crippen molar-refractivity contribution in [2.75, 3.05) is 32.0 Å². The number of allylic oxidation sites excluding steroid dienone is 2. The number of carbonyl (C=O) groups is 2. The van der Waals surface area contributed by atoms with Crippen molar-refractivity contribution in [3.05, 3.63) is 21.9 Å². The molecule has 0 spiro atoms. The molecule has 1 aromatic heterocycles. The molecule has 170 valence electrons. The lowest BCUT2D eigenvalue weighted by molar-refractivity contribution is -0.131. The molecule has 0 aromatic carbocycles. The molecule has 0 N–H and O–H groups in total. The maximum Gasteiger partial charge on any atom is 0.350 e. The first-order valence-electron chi connectivity index (χ1n) is 11.5. The van der Waals surface area contributed by atoms with Gasteiger partial charge in [-0.15, -0.1) is 11.3 Å². The minimum Gasteiger partial charge on any atom is -0.465 e. The third-order valence-electron chi connectivity index (χ3n) is 6.71. The Morgan fingerprint density at radius 3 is 2.52 bits per heavy atom. The Hall–Kier alpha value is -1.70. The van der Waals surface area contributed by atoms with E-state index in [0.717, 1.165) is 49.8 Å². The Kier molecular flexibility index (Phi) is 7.46. The molecule has 6 nitrogen and oxygen atoms in total. The molecule has 2 fully saturated rings. The molecule has 2 heterocycles. The van der Waals surface area contributed by atoms with Crippen molar-refractivity contribution in [1.29, 1.82) is 0 Å². The Labute approximate surface area is 188 Å².